The number of carbonyl (C=O) groups is 3. The highest BCUT2D eigenvalue weighted by molar-refractivity contribution is 5.83. The maximum Gasteiger partial charge on any atom is 0.410 e. The molecule has 2 aliphatic rings. The van der Waals surface area contributed by atoms with Crippen molar-refractivity contribution < 1.29 is 23.9 Å². The summed E-state index contributed by atoms with van der Waals surface area (Å²) in [7, 11) is 0. The van der Waals surface area contributed by atoms with Gasteiger partial charge in [0.05, 0.1) is 0 Å². The molecule has 0 N–H and O–H groups in total. The van der Waals surface area contributed by atoms with Crippen molar-refractivity contribution in [1.29, 1.82) is 0 Å². The van der Waals surface area contributed by atoms with E-state index in [4.69, 9.17) is 9.47 Å². The van der Waals surface area contributed by atoms with E-state index >= 15 is 0 Å². The molecule has 164 valence electrons. The molecule has 2 fully saturated rings. The van der Waals surface area contributed by atoms with Gasteiger partial charge in [0, 0.05) is 32.2 Å². The van der Waals surface area contributed by atoms with Crippen LogP contribution in [0.5, 0.6) is 0 Å². The fourth-order valence-corrected chi connectivity index (χ4v) is 3.73. The molecule has 0 radical (unpaired) electrons. The lowest BCUT2D eigenvalue weighted by molar-refractivity contribution is -0.139. The van der Waals surface area contributed by atoms with Crippen LogP contribution >= 0.6 is 0 Å². The van der Waals surface area contributed by atoms with Gasteiger partial charge in [-0.1, -0.05) is 30.3 Å². The van der Waals surface area contributed by atoms with Crippen LogP contribution in [0.2, 0.25) is 0 Å². The summed E-state index contributed by atoms with van der Waals surface area (Å²) >= 11 is 0. The second-order valence-corrected chi connectivity index (χ2v) is 8.75. The van der Waals surface area contributed by atoms with Crippen molar-refractivity contribution in [3.63, 3.8) is 0 Å². The number of ether oxygens (including phenoxy) is 2. The van der Waals surface area contributed by atoms with E-state index in [1.165, 1.54) is 4.90 Å². The van der Waals surface area contributed by atoms with Crippen molar-refractivity contribution in [2.24, 2.45) is 0 Å². The minimum atomic E-state index is -0.519. The van der Waals surface area contributed by atoms with Crippen LogP contribution in [0, 0.1) is 0 Å². The first-order valence-electron chi connectivity index (χ1n) is 10.5. The molecule has 0 atom stereocenters. The lowest BCUT2D eigenvalue weighted by atomic mass is 10.0. The average Bonchev–Trinajstić information content (AvgIpc) is 2.71. The summed E-state index contributed by atoms with van der Waals surface area (Å²) in [5.74, 6) is -0.0753. The van der Waals surface area contributed by atoms with Gasteiger partial charge in [0.25, 0.3) is 0 Å². The zero-order valence-electron chi connectivity index (χ0n) is 18.0. The van der Waals surface area contributed by atoms with Crippen molar-refractivity contribution >= 4 is 18.1 Å². The number of nitrogens with zero attached hydrogens (tertiary/aromatic N) is 3. The summed E-state index contributed by atoms with van der Waals surface area (Å²) in [5, 5.41) is 0. The molecular formula is C22H31N3O5. The van der Waals surface area contributed by atoms with Crippen LogP contribution < -0.4 is 0 Å². The number of piperazine rings is 1. The Hall–Kier alpha value is -2.77. The zero-order valence-corrected chi connectivity index (χ0v) is 18.0. The quantitative estimate of drug-likeness (QED) is 0.756. The predicted octanol–water partition coefficient (Wildman–Crippen LogP) is 2.87. The molecule has 8 nitrogen and oxygen atoms in total. The van der Waals surface area contributed by atoms with E-state index in [0.29, 0.717) is 39.0 Å². The van der Waals surface area contributed by atoms with Crippen molar-refractivity contribution in [3.05, 3.63) is 35.9 Å². The van der Waals surface area contributed by atoms with Gasteiger partial charge in [-0.25, -0.2) is 9.59 Å². The Labute approximate surface area is 177 Å². The van der Waals surface area contributed by atoms with E-state index in [1.807, 2.05) is 56.0 Å². The Bertz CT molecular complexity index is 754. The van der Waals surface area contributed by atoms with Gasteiger partial charge >= 0.3 is 12.2 Å². The largest absolute Gasteiger partial charge is 0.445 e. The van der Waals surface area contributed by atoms with Gasteiger partial charge in [-0.15, -0.1) is 0 Å². The summed E-state index contributed by atoms with van der Waals surface area (Å²) < 4.78 is 10.8. The number of likely N-dealkylation sites (tertiary alicyclic amines) is 1. The predicted molar refractivity (Wildman–Crippen MR) is 111 cm³/mol. The topological polar surface area (TPSA) is 79.4 Å². The Kier molecular flexibility index (Phi) is 6.84. The Morgan fingerprint density at radius 3 is 2.23 bits per heavy atom. The van der Waals surface area contributed by atoms with E-state index in [-0.39, 0.29) is 31.2 Å². The maximum atomic E-state index is 12.7. The van der Waals surface area contributed by atoms with Crippen LogP contribution in [0.4, 0.5) is 9.59 Å². The zero-order chi connectivity index (χ0) is 21.7. The molecule has 30 heavy (non-hydrogen) atoms. The molecule has 0 spiro atoms. The van der Waals surface area contributed by atoms with Crippen molar-refractivity contribution in [1.82, 2.24) is 14.7 Å². The fourth-order valence-electron chi connectivity index (χ4n) is 3.73. The first kappa shape index (κ1) is 21.9. The first-order valence-corrected chi connectivity index (χ1v) is 10.5. The standard InChI is InChI=1S/C22H31N3O5/c1-22(2,3)30-21(28)23-11-9-18(10-12-23)25-14-13-24(15-19(25)26)20(27)29-16-17-7-5-4-6-8-17/h4-8,18H,9-16H2,1-3H3. The molecular weight excluding hydrogens is 386 g/mol. The van der Waals surface area contributed by atoms with E-state index in [9.17, 15) is 14.4 Å². The lowest BCUT2D eigenvalue weighted by Gasteiger charge is -2.42. The monoisotopic (exact) mass is 417 g/mol. The minimum Gasteiger partial charge on any atom is -0.445 e. The van der Waals surface area contributed by atoms with E-state index in [0.717, 1.165) is 5.56 Å². The van der Waals surface area contributed by atoms with Crippen LogP contribution in [0.15, 0.2) is 30.3 Å². The average molecular weight is 418 g/mol. The van der Waals surface area contributed by atoms with Crippen molar-refractivity contribution in [2.75, 3.05) is 32.7 Å². The molecule has 1 aromatic rings. The third-order valence-corrected chi connectivity index (χ3v) is 5.28. The fraction of sp³-hybridized carbons (Fsp3) is 0.591. The van der Waals surface area contributed by atoms with Crippen LogP contribution in [0.3, 0.4) is 0 Å². The highest BCUT2D eigenvalue weighted by atomic mass is 16.6. The molecule has 0 aliphatic carbocycles. The highest BCUT2D eigenvalue weighted by Gasteiger charge is 2.35. The van der Waals surface area contributed by atoms with Crippen molar-refractivity contribution in [2.45, 2.75) is 51.9 Å². The third-order valence-electron chi connectivity index (χ3n) is 5.28. The van der Waals surface area contributed by atoms with Crippen LogP contribution in [-0.2, 0) is 20.9 Å². The van der Waals surface area contributed by atoms with Gasteiger partial charge in [0.2, 0.25) is 5.91 Å². The number of piperidine rings is 1. The molecule has 2 heterocycles. The molecule has 3 rings (SSSR count). The molecule has 2 aliphatic heterocycles. The molecule has 2 saturated heterocycles. The van der Waals surface area contributed by atoms with Crippen LogP contribution in [-0.4, -0.2) is 77.2 Å². The number of benzene rings is 1. The van der Waals surface area contributed by atoms with Crippen LogP contribution in [0.1, 0.15) is 39.2 Å². The second-order valence-electron chi connectivity index (χ2n) is 8.75. The minimum absolute atomic E-state index is 0.0277. The number of rotatable bonds is 3. The Morgan fingerprint density at radius 1 is 0.967 bits per heavy atom. The van der Waals surface area contributed by atoms with E-state index in [1.54, 1.807) is 4.90 Å². The molecule has 1 aromatic carbocycles. The summed E-state index contributed by atoms with van der Waals surface area (Å²) in [6.07, 6.45) is 0.650. The SMILES string of the molecule is CC(C)(C)OC(=O)N1CCC(N2CCN(C(=O)OCc3ccccc3)CC2=O)CC1. The van der Waals surface area contributed by atoms with Gasteiger partial charge < -0.3 is 19.3 Å². The normalized spacial score (nSPS) is 18.4. The molecule has 0 saturated carbocycles. The number of hydrogen-bond donors (Lipinski definition) is 0. The highest BCUT2D eigenvalue weighted by Crippen LogP contribution is 2.21. The first-order chi connectivity index (χ1) is 14.2. The Morgan fingerprint density at radius 2 is 1.63 bits per heavy atom. The number of amides is 3. The van der Waals surface area contributed by atoms with Gasteiger partial charge in [0.15, 0.2) is 0 Å². The number of hydrogen-bond acceptors (Lipinski definition) is 5. The molecule has 0 unspecified atom stereocenters. The lowest BCUT2D eigenvalue weighted by Crippen LogP contribution is -2.57. The van der Waals surface area contributed by atoms with Crippen LogP contribution in [0.25, 0.3) is 0 Å². The molecule has 0 bridgehead atoms. The van der Waals surface area contributed by atoms with Crippen molar-refractivity contribution in [3.8, 4) is 0 Å². The van der Waals surface area contributed by atoms with Gasteiger partial charge in [-0.3, -0.25) is 9.69 Å². The smallest absolute Gasteiger partial charge is 0.410 e. The Balaban J connectivity index is 1.44. The van der Waals surface area contributed by atoms with Gasteiger partial charge in [0.1, 0.15) is 18.8 Å². The summed E-state index contributed by atoms with van der Waals surface area (Å²) in [5.41, 5.74) is 0.391. The second kappa shape index (κ2) is 9.36. The number of carbonyl (C=O) groups excluding carboxylic acids is 3. The van der Waals surface area contributed by atoms with Gasteiger partial charge in [-0.2, -0.15) is 0 Å². The van der Waals surface area contributed by atoms with E-state index in [2.05, 4.69) is 0 Å². The maximum absolute atomic E-state index is 12.7. The molecule has 8 heteroatoms. The summed E-state index contributed by atoms with van der Waals surface area (Å²) in [6.45, 7) is 7.82. The summed E-state index contributed by atoms with van der Waals surface area (Å²) in [4.78, 5) is 42.2. The van der Waals surface area contributed by atoms with E-state index < -0.39 is 11.7 Å². The molecule has 0 aromatic heterocycles. The molecule has 3 amide bonds. The summed E-state index contributed by atoms with van der Waals surface area (Å²) in [6, 6.07) is 9.54. The van der Waals surface area contributed by atoms with Gasteiger partial charge in [-0.05, 0) is 39.2 Å². The third kappa shape index (κ3) is 5.87.